The van der Waals surface area contributed by atoms with Crippen LogP contribution in [-0.4, -0.2) is 52.6 Å². The van der Waals surface area contributed by atoms with Crippen LogP contribution in [0.25, 0.3) is 11.0 Å². The van der Waals surface area contributed by atoms with Crippen LogP contribution in [0, 0.1) is 6.92 Å². The summed E-state index contributed by atoms with van der Waals surface area (Å²) in [4.78, 5) is 25.8. The van der Waals surface area contributed by atoms with Crippen molar-refractivity contribution in [3.8, 4) is 0 Å². The van der Waals surface area contributed by atoms with Gasteiger partial charge in [0.1, 0.15) is 18.2 Å². The third-order valence-electron chi connectivity index (χ3n) is 4.67. The predicted molar refractivity (Wildman–Crippen MR) is 91.9 cm³/mol. The molecule has 2 aromatic heterocycles. The van der Waals surface area contributed by atoms with Gasteiger partial charge in [-0.25, -0.2) is 15.0 Å². The Morgan fingerprint density at radius 1 is 1.30 bits per heavy atom. The number of nitrogens with zero attached hydrogens (tertiary/aromatic N) is 4. The lowest BCUT2D eigenvalue weighted by Crippen LogP contribution is -2.39. The van der Waals surface area contributed by atoms with E-state index in [9.17, 15) is 18.0 Å². The molecule has 2 aromatic rings. The van der Waals surface area contributed by atoms with E-state index in [0.717, 1.165) is 6.07 Å². The van der Waals surface area contributed by atoms with E-state index in [-0.39, 0.29) is 41.1 Å². The normalized spacial score (nSPS) is 16.1. The molecular formula is C17H20F3N5O2. The summed E-state index contributed by atoms with van der Waals surface area (Å²) < 4.78 is 45.6. The van der Waals surface area contributed by atoms with Crippen LogP contribution in [0.3, 0.4) is 0 Å². The Balaban J connectivity index is 1.95. The highest BCUT2D eigenvalue weighted by Crippen LogP contribution is 2.38. The molecule has 1 aliphatic rings. The minimum Gasteiger partial charge on any atom is -0.383 e. The number of carbonyl (C=O) groups is 1. The number of methoxy groups -OCH3 is 1. The fraction of sp³-hybridized carbons (Fsp3) is 0.529. The number of alkyl halides is 3. The number of halogens is 3. The number of rotatable bonds is 3. The number of nitrogens with two attached hydrogens (primary N) is 1. The van der Waals surface area contributed by atoms with Gasteiger partial charge in [-0.1, -0.05) is 0 Å². The number of likely N-dealkylation sites (tertiary alicyclic amines) is 1. The quantitative estimate of drug-likeness (QED) is 0.874. The minimum absolute atomic E-state index is 0.00735. The molecule has 1 aliphatic heterocycles. The van der Waals surface area contributed by atoms with Crippen LogP contribution in [0.2, 0.25) is 0 Å². The van der Waals surface area contributed by atoms with E-state index in [1.807, 2.05) is 0 Å². The SMILES string of the molecule is COCC(=O)N1CCC(c2cc(C(F)(F)F)c3c(N)nc(C)nc3n2)CC1. The number of nitrogen functional groups attached to an aromatic ring is 1. The van der Waals surface area contributed by atoms with Gasteiger partial charge in [0, 0.05) is 31.8 Å². The lowest BCUT2D eigenvalue weighted by atomic mass is 9.91. The summed E-state index contributed by atoms with van der Waals surface area (Å²) in [5.41, 5.74) is 5.10. The second-order valence-corrected chi connectivity index (χ2v) is 6.54. The first-order chi connectivity index (χ1) is 12.7. The van der Waals surface area contributed by atoms with Crippen LogP contribution in [0.5, 0.6) is 0 Å². The maximum absolute atomic E-state index is 13.6. The van der Waals surface area contributed by atoms with Crippen molar-refractivity contribution in [1.29, 1.82) is 0 Å². The van der Waals surface area contributed by atoms with Crippen molar-refractivity contribution < 1.29 is 22.7 Å². The van der Waals surface area contributed by atoms with Crippen molar-refractivity contribution in [1.82, 2.24) is 19.9 Å². The summed E-state index contributed by atoms with van der Waals surface area (Å²) in [7, 11) is 1.44. The average molecular weight is 383 g/mol. The van der Waals surface area contributed by atoms with Crippen LogP contribution >= 0.6 is 0 Å². The Morgan fingerprint density at radius 2 is 1.96 bits per heavy atom. The molecule has 3 heterocycles. The summed E-state index contributed by atoms with van der Waals surface area (Å²) in [5.74, 6) is -0.297. The van der Waals surface area contributed by atoms with Crippen molar-refractivity contribution in [2.45, 2.75) is 31.9 Å². The number of hydrogen-bond acceptors (Lipinski definition) is 6. The van der Waals surface area contributed by atoms with Crippen LogP contribution in [-0.2, 0) is 15.7 Å². The van der Waals surface area contributed by atoms with Gasteiger partial charge in [-0.2, -0.15) is 13.2 Å². The zero-order valence-electron chi connectivity index (χ0n) is 15.0. The number of aryl methyl sites for hydroxylation is 1. The van der Waals surface area contributed by atoms with E-state index in [1.54, 1.807) is 11.8 Å². The first-order valence-corrected chi connectivity index (χ1v) is 8.49. The Labute approximate surface area is 153 Å². The molecule has 0 aromatic carbocycles. The number of ether oxygens (including phenoxy) is 1. The van der Waals surface area contributed by atoms with Crippen molar-refractivity contribution in [3.63, 3.8) is 0 Å². The van der Waals surface area contributed by atoms with E-state index in [2.05, 4.69) is 15.0 Å². The van der Waals surface area contributed by atoms with Gasteiger partial charge in [0.05, 0.1) is 10.9 Å². The van der Waals surface area contributed by atoms with Crippen LogP contribution in [0.15, 0.2) is 6.07 Å². The molecule has 1 fully saturated rings. The van der Waals surface area contributed by atoms with Crippen molar-refractivity contribution >= 4 is 22.8 Å². The maximum Gasteiger partial charge on any atom is 0.417 e. The lowest BCUT2D eigenvalue weighted by Gasteiger charge is -2.32. The second kappa shape index (κ2) is 7.26. The second-order valence-electron chi connectivity index (χ2n) is 6.54. The van der Waals surface area contributed by atoms with Gasteiger partial charge in [0.15, 0.2) is 5.65 Å². The molecule has 3 rings (SSSR count). The van der Waals surface area contributed by atoms with Crippen LogP contribution < -0.4 is 5.73 Å². The van der Waals surface area contributed by atoms with E-state index >= 15 is 0 Å². The fourth-order valence-corrected chi connectivity index (χ4v) is 3.37. The highest BCUT2D eigenvalue weighted by molar-refractivity contribution is 5.89. The van der Waals surface area contributed by atoms with Gasteiger partial charge in [-0.3, -0.25) is 4.79 Å². The molecule has 1 saturated heterocycles. The van der Waals surface area contributed by atoms with Gasteiger partial charge in [-0.05, 0) is 25.8 Å². The number of hydrogen-bond donors (Lipinski definition) is 1. The highest BCUT2D eigenvalue weighted by atomic mass is 19.4. The predicted octanol–water partition coefficient (Wildman–Crippen LogP) is 2.29. The van der Waals surface area contributed by atoms with Crippen molar-refractivity contribution in [2.24, 2.45) is 0 Å². The smallest absolute Gasteiger partial charge is 0.383 e. The molecule has 2 N–H and O–H groups in total. The summed E-state index contributed by atoms with van der Waals surface area (Å²) >= 11 is 0. The zero-order chi connectivity index (χ0) is 19.8. The number of carbonyl (C=O) groups excluding carboxylic acids is 1. The Kier molecular flexibility index (Phi) is 5.18. The number of anilines is 1. The van der Waals surface area contributed by atoms with Crippen molar-refractivity contribution in [3.05, 3.63) is 23.1 Å². The average Bonchev–Trinajstić information content (AvgIpc) is 2.60. The van der Waals surface area contributed by atoms with Crippen LogP contribution in [0.1, 0.15) is 35.8 Å². The topological polar surface area (TPSA) is 94.2 Å². The number of amides is 1. The first kappa shape index (κ1) is 19.3. The zero-order valence-corrected chi connectivity index (χ0v) is 15.0. The van der Waals surface area contributed by atoms with E-state index in [4.69, 9.17) is 10.5 Å². The summed E-state index contributed by atoms with van der Waals surface area (Å²) in [6, 6.07) is 1.04. The maximum atomic E-state index is 13.6. The van der Waals surface area contributed by atoms with Gasteiger partial charge in [0.2, 0.25) is 5.91 Å². The molecule has 0 aliphatic carbocycles. The molecule has 27 heavy (non-hydrogen) atoms. The summed E-state index contributed by atoms with van der Waals surface area (Å²) in [6.07, 6.45) is -3.56. The monoisotopic (exact) mass is 383 g/mol. The standard InChI is InChI=1S/C17H20F3N5O2/c1-9-22-15(21)14-11(17(18,19)20)7-12(24-16(14)23-9)10-3-5-25(6-4-10)13(26)8-27-2/h7,10H,3-6,8H2,1-2H3,(H2,21,22,23,24). The van der Waals surface area contributed by atoms with Crippen molar-refractivity contribution in [2.75, 3.05) is 32.5 Å². The molecule has 146 valence electrons. The number of pyridine rings is 1. The Morgan fingerprint density at radius 3 is 2.56 bits per heavy atom. The largest absolute Gasteiger partial charge is 0.417 e. The van der Waals surface area contributed by atoms with Gasteiger partial charge >= 0.3 is 6.18 Å². The lowest BCUT2D eigenvalue weighted by molar-refractivity contribution is -0.136. The fourth-order valence-electron chi connectivity index (χ4n) is 3.37. The van der Waals surface area contributed by atoms with Gasteiger partial charge < -0.3 is 15.4 Å². The van der Waals surface area contributed by atoms with E-state index in [1.165, 1.54) is 7.11 Å². The molecular weight excluding hydrogens is 363 g/mol. The minimum atomic E-state index is -4.60. The molecule has 0 unspecified atom stereocenters. The molecule has 0 radical (unpaired) electrons. The molecule has 1 amide bonds. The summed E-state index contributed by atoms with van der Waals surface area (Å²) in [5, 5.41) is -0.274. The molecule has 0 saturated carbocycles. The molecule has 0 atom stereocenters. The molecule has 0 spiro atoms. The van der Waals surface area contributed by atoms with Gasteiger partial charge in [0.25, 0.3) is 0 Å². The van der Waals surface area contributed by atoms with Crippen LogP contribution in [0.4, 0.5) is 19.0 Å². The molecule has 7 nitrogen and oxygen atoms in total. The third kappa shape index (κ3) is 3.95. The van der Waals surface area contributed by atoms with Gasteiger partial charge in [-0.15, -0.1) is 0 Å². The highest BCUT2D eigenvalue weighted by Gasteiger charge is 2.36. The third-order valence-corrected chi connectivity index (χ3v) is 4.67. The molecule has 10 heteroatoms. The number of piperidine rings is 1. The Bertz CT molecular complexity index is 864. The molecule has 0 bridgehead atoms. The van der Waals surface area contributed by atoms with E-state index in [0.29, 0.717) is 31.6 Å². The first-order valence-electron chi connectivity index (χ1n) is 8.49. The van der Waals surface area contributed by atoms with E-state index < -0.39 is 11.7 Å². The number of fused-ring (bicyclic) bond motifs is 1. The summed E-state index contributed by atoms with van der Waals surface area (Å²) in [6.45, 7) is 2.43. The Hall–Kier alpha value is -2.49. The number of aromatic nitrogens is 3.